The van der Waals surface area contributed by atoms with Crippen molar-refractivity contribution < 1.29 is 9.47 Å². The number of methoxy groups -OCH3 is 2. The first-order valence-electron chi connectivity index (χ1n) is 8.04. The zero-order valence-corrected chi connectivity index (χ0v) is 14.8. The zero-order chi connectivity index (χ0) is 16.9. The maximum Gasteiger partial charge on any atom is 0.128 e. The molecule has 24 heavy (non-hydrogen) atoms. The molecule has 0 saturated carbocycles. The maximum absolute atomic E-state index is 5.93. The Bertz CT molecular complexity index is 656. The Morgan fingerprint density at radius 3 is 2.21 bits per heavy atom. The van der Waals surface area contributed by atoms with Crippen molar-refractivity contribution in [1.82, 2.24) is 4.98 Å². The second-order valence-electron chi connectivity index (χ2n) is 5.73. The number of hydrogen-bond acceptors (Lipinski definition) is 5. The van der Waals surface area contributed by atoms with Gasteiger partial charge < -0.3 is 19.3 Å². The summed E-state index contributed by atoms with van der Waals surface area (Å²) in [5.74, 6) is 2.60. The van der Waals surface area contributed by atoms with E-state index in [9.17, 15) is 0 Å². The Labute approximate surface area is 147 Å². The molecule has 128 valence electrons. The minimum absolute atomic E-state index is 0.665. The van der Waals surface area contributed by atoms with E-state index in [-0.39, 0.29) is 0 Å². The largest absolute Gasteiger partial charge is 0.497 e. The van der Waals surface area contributed by atoms with E-state index in [2.05, 4.69) is 26.9 Å². The third kappa shape index (κ3) is 3.85. The lowest BCUT2D eigenvalue weighted by Gasteiger charge is -2.25. The van der Waals surface area contributed by atoms with E-state index in [0.717, 1.165) is 55.6 Å². The molecule has 1 saturated heterocycles. The third-order valence-electron chi connectivity index (χ3n) is 4.23. The molecule has 2 heterocycles. The molecule has 0 radical (unpaired) electrons. The van der Waals surface area contributed by atoms with Crippen LogP contribution in [0.5, 0.6) is 11.5 Å². The molecule has 0 spiro atoms. The van der Waals surface area contributed by atoms with Crippen molar-refractivity contribution in [3.63, 3.8) is 0 Å². The van der Waals surface area contributed by atoms with Crippen LogP contribution < -0.4 is 19.3 Å². The van der Waals surface area contributed by atoms with E-state index in [1.165, 1.54) is 0 Å². The number of halogens is 1. The summed E-state index contributed by atoms with van der Waals surface area (Å²) >= 11 is 5.93. The highest BCUT2D eigenvalue weighted by molar-refractivity contribution is 6.30. The van der Waals surface area contributed by atoms with Crippen LogP contribution in [0.1, 0.15) is 6.42 Å². The molecule has 2 aromatic rings. The summed E-state index contributed by atoms with van der Waals surface area (Å²) in [6.07, 6.45) is 2.76. The van der Waals surface area contributed by atoms with Gasteiger partial charge in [-0.15, -0.1) is 0 Å². The normalized spacial score (nSPS) is 15.1. The van der Waals surface area contributed by atoms with Gasteiger partial charge in [0.2, 0.25) is 0 Å². The molecular weight excluding hydrogens is 326 g/mol. The Hall–Kier alpha value is -2.14. The van der Waals surface area contributed by atoms with Crippen LogP contribution in [0.15, 0.2) is 36.5 Å². The van der Waals surface area contributed by atoms with Crippen LogP contribution in [0.25, 0.3) is 0 Å². The standard InChI is InChI=1S/C18H22ClN3O2/c1-23-16-10-15(11-17(12-16)24-2)21-6-3-7-22(9-8-21)18-5-4-14(19)13-20-18/h4-5,10-13H,3,6-9H2,1-2H3. The summed E-state index contributed by atoms with van der Waals surface area (Å²) in [5, 5.41) is 0.665. The van der Waals surface area contributed by atoms with Gasteiger partial charge in [0.1, 0.15) is 17.3 Å². The molecule has 0 atom stereocenters. The van der Waals surface area contributed by atoms with Gasteiger partial charge in [0.25, 0.3) is 0 Å². The van der Waals surface area contributed by atoms with Crippen LogP contribution in [-0.2, 0) is 0 Å². The van der Waals surface area contributed by atoms with Crippen molar-refractivity contribution >= 4 is 23.1 Å². The van der Waals surface area contributed by atoms with Crippen LogP contribution in [0.3, 0.4) is 0 Å². The number of benzene rings is 1. The first-order chi connectivity index (χ1) is 11.7. The Kier molecular flexibility index (Phi) is 5.30. The minimum atomic E-state index is 0.665. The first kappa shape index (κ1) is 16.7. The van der Waals surface area contributed by atoms with Gasteiger partial charge in [-0.3, -0.25) is 0 Å². The van der Waals surface area contributed by atoms with Crippen molar-refractivity contribution in [2.24, 2.45) is 0 Å². The van der Waals surface area contributed by atoms with Crippen molar-refractivity contribution in [2.45, 2.75) is 6.42 Å². The highest BCUT2D eigenvalue weighted by atomic mass is 35.5. The van der Waals surface area contributed by atoms with E-state index < -0.39 is 0 Å². The average molecular weight is 348 g/mol. The van der Waals surface area contributed by atoms with Gasteiger partial charge in [-0.1, -0.05) is 11.6 Å². The van der Waals surface area contributed by atoms with Crippen LogP contribution >= 0.6 is 11.6 Å². The van der Waals surface area contributed by atoms with Gasteiger partial charge in [-0.05, 0) is 18.6 Å². The summed E-state index contributed by atoms with van der Waals surface area (Å²) in [7, 11) is 3.35. The highest BCUT2D eigenvalue weighted by Gasteiger charge is 2.17. The van der Waals surface area contributed by atoms with Gasteiger partial charge in [-0.25, -0.2) is 4.98 Å². The number of ether oxygens (including phenoxy) is 2. The zero-order valence-electron chi connectivity index (χ0n) is 14.0. The highest BCUT2D eigenvalue weighted by Crippen LogP contribution is 2.29. The molecule has 1 aromatic heterocycles. The number of rotatable bonds is 4. The molecule has 0 bridgehead atoms. The molecule has 6 heteroatoms. The predicted molar refractivity (Wildman–Crippen MR) is 97.8 cm³/mol. The second kappa shape index (κ2) is 7.62. The van der Waals surface area contributed by atoms with E-state index in [1.807, 2.05) is 18.2 Å². The Morgan fingerprint density at radius 1 is 0.917 bits per heavy atom. The van der Waals surface area contributed by atoms with Gasteiger partial charge in [0.15, 0.2) is 0 Å². The number of aromatic nitrogens is 1. The van der Waals surface area contributed by atoms with Crippen molar-refractivity contribution in [1.29, 1.82) is 0 Å². The first-order valence-corrected chi connectivity index (χ1v) is 8.42. The van der Waals surface area contributed by atoms with Crippen molar-refractivity contribution in [3.8, 4) is 11.5 Å². The maximum atomic E-state index is 5.93. The van der Waals surface area contributed by atoms with Crippen LogP contribution in [0.2, 0.25) is 5.02 Å². The number of pyridine rings is 1. The number of anilines is 2. The Balaban J connectivity index is 1.74. The average Bonchev–Trinajstić information content (AvgIpc) is 2.88. The molecule has 3 rings (SSSR count). The van der Waals surface area contributed by atoms with Crippen LogP contribution in [-0.4, -0.2) is 45.4 Å². The molecule has 1 aromatic carbocycles. The summed E-state index contributed by atoms with van der Waals surface area (Å²) < 4.78 is 10.8. The second-order valence-corrected chi connectivity index (χ2v) is 6.17. The molecule has 0 N–H and O–H groups in total. The Morgan fingerprint density at radius 2 is 1.58 bits per heavy atom. The fourth-order valence-electron chi connectivity index (χ4n) is 2.93. The van der Waals surface area contributed by atoms with Crippen LogP contribution in [0, 0.1) is 0 Å². The van der Waals surface area contributed by atoms with Gasteiger partial charge in [-0.2, -0.15) is 0 Å². The van der Waals surface area contributed by atoms with Crippen molar-refractivity contribution in [2.75, 3.05) is 50.2 Å². The lowest BCUT2D eigenvalue weighted by Crippen LogP contribution is -2.31. The summed E-state index contributed by atoms with van der Waals surface area (Å²) in [6, 6.07) is 9.87. The molecule has 5 nitrogen and oxygen atoms in total. The molecule has 1 aliphatic heterocycles. The predicted octanol–water partition coefficient (Wildman–Crippen LogP) is 3.47. The number of nitrogens with zero attached hydrogens (tertiary/aromatic N) is 3. The number of hydrogen-bond donors (Lipinski definition) is 0. The van der Waals surface area contributed by atoms with Gasteiger partial charge in [0.05, 0.1) is 19.2 Å². The molecule has 1 fully saturated rings. The van der Waals surface area contributed by atoms with Crippen LogP contribution in [0.4, 0.5) is 11.5 Å². The molecule has 0 aliphatic carbocycles. The minimum Gasteiger partial charge on any atom is -0.497 e. The molecular formula is C18H22ClN3O2. The summed E-state index contributed by atoms with van der Waals surface area (Å²) in [4.78, 5) is 9.09. The van der Waals surface area contributed by atoms with Gasteiger partial charge in [0, 0.05) is 56.3 Å². The van der Waals surface area contributed by atoms with E-state index in [0.29, 0.717) is 5.02 Å². The summed E-state index contributed by atoms with van der Waals surface area (Å²) in [6.45, 7) is 3.79. The molecule has 0 amide bonds. The fraction of sp³-hybridized carbons (Fsp3) is 0.389. The smallest absolute Gasteiger partial charge is 0.128 e. The van der Waals surface area contributed by atoms with Crippen molar-refractivity contribution in [3.05, 3.63) is 41.6 Å². The monoisotopic (exact) mass is 347 g/mol. The lowest BCUT2D eigenvalue weighted by molar-refractivity contribution is 0.394. The third-order valence-corrected chi connectivity index (χ3v) is 4.46. The molecule has 0 unspecified atom stereocenters. The van der Waals surface area contributed by atoms with Gasteiger partial charge >= 0.3 is 0 Å². The van der Waals surface area contributed by atoms with E-state index in [1.54, 1.807) is 20.4 Å². The van der Waals surface area contributed by atoms with E-state index in [4.69, 9.17) is 21.1 Å². The van der Waals surface area contributed by atoms with E-state index >= 15 is 0 Å². The summed E-state index contributed by atoms with van der Waals surface area (Å²) in [5.41, 5.74) is 1.12. The SMILES string of the molecule is COc1cc(OC)cc(N2CCCN(c3ccc(Cl)cn3)CC2)c1. The quantitative estimate of drug-likeness (QED) is 0.846. The molecule has 1 aliphatic rings. The fourth-order valence-corrected chi connectivity index (χ4v) is 3.05. The topological polar surface area (TPSA) is 37.8 Å². The lowest BCUT2D eigenvalue weighted by atomic mass is 10.2.